The highest BCUT2D eigenvalue weighted by Gasteiger charge is 2.14. The molecule has 0 aliphatic carbocycles. The molecule has 1 fully saturated rings. The number of rotatable bonds is 3. The fraction of sp³-hybridized carbons (Fsp3) is 0.417. The summed E-state index contributed by atoms with van der Waals surface area (Å²) in [4.78, 5) is 0. The monoisotopic (exact) mass is 252 g/mol. The maximum atomic E-state index is 8.73. The Morgan fingerprint density at radius 1 is 1.56 bits per heavy atom. The van der Waals surface area contributed by atoms with E-state index in [9.17, 15) is 0 Å². The zero-order valence-corrected chi connectivity index (χ0v) is 10.4. The van der Waals surface area contributed by atoms with Crippen LogP contribution in [-0.2, 0) is 6.54 Å². The highest BCUT2D eigenvalue weighted by Crippen LogP contribution is 2.20. The van der Waals surface area contributed by atoms with Crippen molar-refractivity contribution >= 4 is 23.4 Å². The van der Waals surface area contributed by atoms with E-state index in [1.165, 1.54) is 17.9 Å². The molecule has 2 nitrogen and oxygen atoms in total. The summed E-state index contributed by atoms with van der Waals surface area (Å²) in [5.41, 5.74) is 1.68. The van der Waals surface area contributed by atoms with Crippen LogP contribution in [-0.4, -0.2) is 17.5 Å². The predicted molar refractivity (Wildman–Crippen MR) is 68.7 cm³/mol. The van der Waals surface area contributed by atoms with Gasteiger partial charge in [0, 0.05) is 23.4 Å². The van der Waals surface area contributed by atoms with Gasteiger partial charge in [-0.3, -0.25) is 0 Å². The molecule has 1 N–H and O–H groups in total. The van der Waals surface area contributed by atoms with Gasteiger partial charge in [0.1, 0.15) is 0 Å². The maximum Gasteiger partial charge on any atom is 0.0992 e. The van der Waals surface area contributed by atoms with E-state index >= 15 is 0 Å². The van der Waals surface area contributed by atoms with Gasteiger partial charge in [0.2, 0.25) is 0 Å². The van der Waals surface area contributed by atoms with Gasteiger partial charge in [-0.1, -0.05) is 17.7 Å². The molecule has 0 aromatic heterocycles. The Bertz CT molecular complexity index is 408. The molecule has 1 aromatic rings. The highest BCUT2D eigenvalue weighted by molar-refractivity contribution is 7.99. The first-order valence-electron chi connectivity index (χ1n) is 5.29. The van der Waals surface area contributed by atoms with Crippen LogP contribution in [0.25, 0.3) is 0 Å². The molecule has 84 valence electrons. The average Bonchev–Trinajstić information content (AvgIpc) is 2.80. The van der Waals surface area contributed by atoms with Crippen molar-refractivity contribution in [2.45, 2.75) is 19.0 Å². The molecule has 1 saturated heterocycles. The van der Waals surface area contributed by atoms with E-state index in [0.717, 1.165) is 12.1 Å². The molecule has 1 atom stereocenters. The third kappa shape index (κ3) is 2.91. The van der Waals surface area contributed by atoms with Crippen LogP contribution in [0.2, 0.25) is 5.02 Å². The zero-order valence-electron chi connectivity index (χ0n) is 8.87. The van der Waals surface area contributed by atoms with Gasteiger partial charge in [0.25, 0.3) is 0 Å². The van der Waals surface area contributed by atoms with E-state index in [1.807, 2.05) is 23.9 Å². The lowest BCUT2D eigenvalue weighted by atomic mass is 10.1. The van der Waals surface area contributed by atoms with Gasteiger partial charge in [0.05, 0.1) is 11.6 Å². The van der Waals surface area contributed by atoms with E-state index in [4.69, 9.17) is 16.9 Å². The summed E-state index contributed by atoms with van der Waals surface area (Å²) in [6.07, 6.45) is 1.23. The molecule has 1 heterocycles. The summed E-state index contributed by atoms with van der Waals surface area (Å²) in [5, 5.41) is 12.9. The van der Waals surface area contributed by atoms with Crippen LogP contribution in [0.3, 0.4) is 0 Å². The number of nitrogens with one attached hydrogen (secondary N) is 1. The summed E-state index contributed by atoms with van der Waals surface area (Å²) in [6, 6.07) is 8.15. The summed E-state index contributed by atoms with van der Waals surface area (Å²) in [5.74, 6) is 2.44. The van der Waals surface area contributed by atoms with Crippen molar-refractivity contribution in [2.24, 2.45) is 0 Å². The van der Waals surface area contributed by atoms with Crippen molar-refractivity contribution < 1.29 is 0 Å². The number of thioether (sulfide) groups is 1. The topological polar surface area (TPSA) is 35.8 Å². The first-order valence-corrected chi connectivity index (χ1v) is 6.82. The van der Waals surface area contributed by atoms with Crippen LogP contribution in [0, 0.1) is 11.3 Å². The minimum atomic E-state index is 0.608. The number of hydrogen-bond acceptors (Lipinski definition) is 3. The van der Waals surface area contributed by atoms with Crippen molar-refractivity contribution in [3.63, 3.8) is 0 Å². The standard InChI is InChI=1S/C12H13ClN2S/c13-12-5-9(6-14)1-2-10(12)7-15-11-3-4-16-8-11/h1-2,5,11,15H,3-4,7-8H2. The minimum Gasteiger partial charge on any atom is -0.309 e. The third-order valence-electron chi connectivity index (χ3n) is 2.69. The van der Waals surface area contributed by atoms with Gasteiger partial charge in [-0.2, -0.15) is 17.0 Å². The van der Waals surface area contributed by atoms with Crippen LogP contribution in [0.15, 0.2) is 18.2 Å². The lowest BCUT2D eigenvalue weighted by Crippen LogP contribution is -2.28. The molecule has 16 heavy (non-hydrogen) atoms. The van der Waals surface area contributed by atoms with Gasteiger partial charge in [-0.05, 0) is 29.9 Å². The van der Waals surface area contributed by atoms with Gasteiger partial charge in [-0.25, -0.2) is 0 Å². The summed E-state index contributed by atoms with van der Waals surface area (Å²) in [6.45, 7) is 0.787. The van der Waals surface area contributed by atoms with Crippen LogP contribution >= 0.6 is 23.4 Å². The summed E-state index contributed by atoms with van der Waals surface area (Å²) < 4.78 is 0. The van der Waals surface area contributed by atoms with Gasteiger partial charge in [-0.15, -0.1) is 0 Å². The number of halogens is 1. The first kappa shape index (κ1) is 11.8. The third-order valence-corrected chi connectivity index (χ3v) is 4.21. The maximum absolute atomic E-state index is 8.73. The van der Waals surface area contributed by atoms with E-state index in [-0.39, 0.29) is 0 Å². The second kappa shape index (κ2) is 5.58. The molecule has 1 aromatic carbocycles. The van der Waals surface area contributed by atoms with E-state index in [1.54, 1.807) is 6.07 Å². The average molecular weight is 253 g/mol. The smallest absolute Gasteiger partial charge is 0.0992 e. The molecule has 0 spiro atoms. The molecule has 0 bridgehead atoms. The Morgan fingerprint density at radius 2 is 2.44 bits per heavy atom. The van der Waals surface area contributed by atoms with E-state index in [0.29, 0.717) is 16.6 Å². The van der Waals surface area contributed by atoms with E-state index in [2.05, 4.69) is 11.4 Å². The first-order chi connectivity index (χ1) is 7.79. The zero-order chi connectivity index (χ0) is 11.4. The van der Waals surface area contributed by atoms with Crippen molar-refractivity contribution in [1.29, 1.82) is 5.26 Å². The van der Waals surface area contributed by atoms with Crippen molar-refractivity contribution in [2.75, 3.05) is 11.5 Å². The molecule has 1 unspecified atom stereocenters. The lowest BCUT2D eigenvalue weighted by Gasteiger charge is -2.12. The molecule has 4 heteroatoms. The normalized spacial score (nSPS) is 19.6. The Hall–Kier alpha value is -0.690. The second-order valence-corrected chi connectivity index (χ2v) is 5.42. The molecule has 0 saturated carbocycles. The molecule has 1 aliphatic rings. The molecule has 0 radical (unpaired) electrons. The molecule has 1 aliphatic heterocycles. The fourth-order valence-electron chi connectivity index (χ4n) is 1.71. The summed E-state index contributed by atoms with van der Waals surface area (Å²) in [7, 11) is 0. The molecular formula is C12H13ClN2S. The summed E-state index contributed by atoms with van der Waals surface area (Å²) >= 11 is 8.09. The molecule has 0 amide bonds. The molecular weight excluding hydrogens is 240 g/mol. The number of hydrogen-bond donors (Lipinski definition) is 1. The van der Waals surface area contributed by atoms with Gasteiger partial charge < -0.3 is 5.32 Å². The lowest BCUT2D eigenvalue weighted by molar-refractivity contribution is 0.558. The number of nitrogens with zero attached hydrogens (tertiary/aromatic N) is 1. The van der Waals surface area contributed by atoms with Crippen LogP contribution in [0.5, 0.6) is 0 Å². The van der Waals surface area contributed by atoms with Gasteiger partial charge in [0.15, 0.2) is 0 Å². The SMILES string of the molecule is N#Cc1ccc(CNC2CCSC2)c(Cl)c1. The Morgan fingerprint density at radius 3 is 3.06 bits per heavy atom. The van der Waals surface area contributed by atoms with Gasteiger partial charge >= 0.3 is 0 Å². The Balaban J connectivity index is 1.96. The number of nitriles is 1. The fourth-order valence-corrected chi connectivity index (χ4v) is 3.14. The molecule has 2 rings (SSSR count). The highest BCUT2D eigenvalue weighted by atomic mass is 35.5. The predicted octanol–water partition coefficient (Wildman–Crippen LogP) is 2.81. The van der Waals surface area contributed by atoms with Crippen LogP contribution < -0.4 is 5.32 Å². The Labute approximate surface area is 105 Å². The van der Waals surface area contributed by atoms with Crippen molar-refractivity contribution in [3.05, 3.63) is 34.3 Å². The van der Waals surface area contributed by atoms with Crippen LogP contribution in [0.4, 0.5) is 0 Å². The largest absolute Gasteiger partial charge is 0.309 e. The van der Waals surface area contributed by atoms with Crippen LogP contribution in [0.1, 0.15) is 17.5 Å². The number of benzene rings is 1. The van der Waals surface area contributed by atoms with E-state index < -0.39 is 0 Å². The van der Waals surface area contributed by atoms with Crippen molar-refractivity contribution in [1.82, 2.24) is 5.32 Å². The second-order valence-electron chi connectivity index (χ2n) is 3.86. The minimum absolute atomic E-state index is 0.608. The quantitative estimate of drug-likeness (QED) is 0.899. The van der Waals surface area contributed by atoms with Crippen molar-refractivity contribution in [3.8, 4) is 6.07 Å². The Kier molecular flexibility index (Phi) is 4.11.